The highest BCUT2D eigenvalue weighted by molar-refractivity contribution is 6.66. The van der Waals surface area contributed by atoms with Crippen molar-refractivity contribution in [2.24, 2.45) is 4.99 Å². The third-order valence-electron chi connectivity index (χ3n) is 5.68. The maximum absolute atomic E-state index is 13.2. The Bertz CT molecular complexity index is 1370. The molecule has 13 heteroatoms. The molecule has 1 aliphatic rings. The summed E-state index contributed by atoms with van der Waals surface area (Å²) in [5.41, 5.74) is -1.16. The molecule has 0 amide bonds. The van der Waals surface area contributed by atoms with Crippen molar-refractivity contribution >= 4 is 22.6 Å². The number of halogens is 4. The monoisotopic (exact) mass is 509 g/mol. The SMILES string of the molecule is CCCCn1c2c(c(=O)n(CCCn3nnc(Cc4ccccc4C(F)(F)F)n3)c1=O)CC(Cl)=N2. The maximum Gasteiger partial charge on any atom is 0.416 e. The highest BCUT2D eigenvalue weighted by Gasteiger charge is 2.33. The Balaban J connectivity index is 1.47. The number of rotatable bonds is 9. The topological polar surface area (TPSA) is 100.0 Å². The minimum absolute atomic E-state index is 0.0535. The number of hydrogen-bond donors (Lipinski definition) is 0. The van der Waals surface area contributed by atoms with Gasteiger partial charge in [0.1, 0.15) is 11.0 Å². The van der Waals surface area contributed by atoms with Crippen LogP contribution >= 0.6 is 11.6 Å². The molecule has 0 aliphatic carbocycles. The molecule has 0 atom stereocenters. The van der Waals surface area contributed by atoms with Crippen LogP contribution in [0.1, 0.15) is 48.7 Å². The van der Waals surface area contributed by atoms with E-state index in [1.807, 2.05) is 6.92 Å². The van der Waals surface area contributed by atoms with Crippen molar-refractivity contribution < 1.29 is 13.2 Å². The van der Waals surface area contributed by atoms with Gasteiger partial charge in [-0.3, -0.25) is 13.9 Å². The van der Waals surface area contributed by atoms with E-state index >= 15 is 0 Å². The van der Waals surface area contributed by atoms with E-state index in [0.717, 1.165) is 23.5 Å². The fourth-order valence-corrected chi connectivity index (χ4v) is 4.19. The summed E-state index contributed by atoms with van der Waals surface area (Å²) in [5, 5.41) is 12.2. The second-order valence-electron chi connectivity index (χ2n) is 8.20. The van der Waals surface area contributed by atoms with Crippen molar-refractivity contribution in [3.63, 3.8) is 0 Å². The number of unbranched alkanes of at least 4 members (excludes halogenated alkanes) is 1. The summed E-state index contributed by atoms with van der Waals surface area (Å²) in [5.74, 6) is 0.474. The average molecular weight is 510 g/mol. The van der Waals surface area contributed by atoms with Crippen LogP contribution in [0.25, 0.3) is 0 Å². The Kier molecular flexibility index (Phi) is 7.20. The number of nitrogens with zero attached hydrogens (tertiary/aromatic N) is 7. The fraction of sp³-hybridized carbons (Fsp3) is 0.455. The molecule has 3 heterocycles. The first-order valence-corrected chi connectivity index (χ1v) is 11.6. The first-order valence-electron chi connectivity index (χ1n) is 11.2. The van der Waals surface area contributed by atoms with Crippen LogP contribution in [0.2, 0.25) is 0 Å². The van der Waals surface area contributed by atoms with Crippen LogP contribution in [0, 0.1) is 0 Å². The number of alkyl halides is 3. The quantitative estimate of drug-likeness (QED) is 0.440. The van der Waals surface area contributed by atoms with Crippen LogP contribution < -0.4 is 11.2 Å². The Morgan fingerprint density at radius 2 is 1.80 bits per heavy atom. The number of tetrazole rings is 1. The van der Waals surface area contributed by atoms with Crippen molar-refractivity contribution in [3.05, 3.63) is 67.6 Å². The fourth-order valence-electron chi connectivity index (χ4n) is 3.98. The van der Waals surface area contributed by atoms with Gasteiger partial charge in [-0.25, -0.2) is 9.79 Å². The molecule has 0 bridgehead atoms. The number of benzene rings is 1. The predicted molar refractivity (Wildman–Crippen MR) is 123 cm³/mol. The van der Waals surface area contributed by atoms with E-state index in [9.17, 15) is 22.8 Å². The first-order chi connectivity index (χ1) is 16.7. The average Bonchev–Trinajstić information content (AvgIpc) is 3.42. The minimum Gasteiger partial charge on any atom is -0.278 e. The van der Waals surface area contributed by atoms with E-state index in [4.69, 9.17) is 11.6 Å². The lowest BCUT2D eigenvalue weighted by atomic mass is 10.0. The van der Waals surface area contributed by atoms with Gasteiger partial charge in [0.05, 0.1) is 17.7 Å². The van der Waals surface area contributed by atoms with Gasteiger partial charge in [-0.2, -0.15) is 18.0 Å². The molecule has 0 N–H and O–H groups in total. The molecule has 0 fully saturated rings. The molecule has 0 spiro atoms. The molecular formula is C22H23ClF3N7O2. The highest BCUT2D eigenvalue weighted by atomic mass is 35.5. The van der Waals surface area contributed by atoms with E-state index in [0.29, 0.717) is 24.3 Å². The zero-order chi connectivity index (χ0) is 25.2. The molecule has 186 valence electrons. The van der Waals surface area contributed by atoms with Crippen LogP contribution in [0.4, 0.5) is 19.0 Å². The van der Waals surface area contributed by atoms with Crippen LogP contribution in [-0.2, 0) is 38.7 Å². The van der Waals surface area contributed by atoms with Crippen molar-refractivity contribution in [1.82, 2.24) is 29.3 Å². The lowest BCUT2D eigenvalue weighted by Gasteiger charge is -2.13. The van der Waals surface area contributed by atoms with Gasteiger partial charge in [0.25, 0.3) is 5.56 Å². The van der Waals surface area contributed by atoms with Gasteiger partial charge in [0.15, 0.2) is 5.82 Å². The molecule has 0 saturated heterocycles. The zero-order valence-electron chi connectivity index (χ0n) is 18.9. The van der Waals surface area contributed by atoms with E-state index in [1.165, 1.54) is 27.6 Å². The number of aryl methyl sites for hydroxylation is 1. The van der Waals surface area contributed by atoms with Crippen molar-refractivity contribution in [2.75, 3.05) is 0 Å². The molecule has 9 nitrogen and oxygen atoms in total. The normalized spacial score (nSPS) is 13.2. The Labute approximate surface area is 202 Å². The zero-order valence-corrected chi connectivity index (χ0v) is 19.7. The number of aromatic nitrogens is 6. The third-order valence-corrected chi connectivity index (χ3v) is 5.90. The second-order valence-corrected chi connectivity index (χ2v) is 8.63. The standard InChI is InChI=1S/C22H23ClF3N7O2/c1-2-3-9-31-19-15(13-17(23)27-19)20(34)32(21(31)35)10-6-11-33-29-18(28-30-33)12-14-7-4-5-8-16(14)22(24,25)26/h4-5,7-8H,2-3,6,9-13H2,1H3. The van der Waals surface area contributed by atoms with Crippen LogP contribution in [0.3, 0.4) is 0 Å². The molecule has 0 radical (unpaired) electrons. The number of aliphatic imine (C=N–C) groups is 1. The molecule has 35 heavy (non-hydrogen) atoms. The molecular weight excluding hydrogens is 487 g/mol. The molecule has 2 aromatic heterocycles. The molecule has 1 aliphatic heterocycles. The van der Waals surface area contributed by atoms with Crippen LogP contribution in [0.5, 0.6) is 0 Å². The first kappa shape index (κ1) is 24.8. The molecule has 4 rings (SSSR count). The highest BCUT2D eigenvalue weighted by Crippen LogP contribution is 2.32. The van der Waals surface area contributed by atoms with Gasteiger partial charge in [0, 0.05) is 25.9 Å². The van der Waals surface area contributed by atoms with Gasteiger partial charge in [-0.05, 0) is 29.7 Å². The molecule has 1 aromatic carbocycles. The molecule has 3 aromatic rings. The summed E-state index contributed by atoms with van der Waals surface area (Å²) in [6.45, 7) is 2.77. The smallest absolute Gasteiger partial charge is 0.278 e. The van der Waals surface area contributed by atoms with Crippen LogP contribution in [0.15, 0.2) is 38.8 Å². The summed E-state index contributed by atoms with van der Waals surface area (Å²) < 4.78 is 42.3. The van der Waals surface area contributed by atoms with Gasteiger partial charge >= 0.3 is 11.9 Å². The van der Waals surface area contributed by atoms with Gasteiger partial charge in [-0.15, -0.1) is 10.2 Å². The number of fused-ring (bicyclic) bond motifs is 1. The van der Waals surface area contributed by atoms with Gasteiger partial charge in [-0.1, -0.05) is 43.1 Å². The number of hydrogen-bond acceptors (Lipinski definition) is 6. The summed E-state index contributed by atoms with van der Waals surface area (Å²) in [6, 6.07) is 5.24. The van der Waals surface area contributed by atoms with Crippen molar-refractivity contribution in [3.8, 4) is 0 Å². The summed E-state index contributed by atoms with van der Waals surface area (Å²) in [7, 11) is 0. The largest absolute Gasteiger partial charge is 0.416 e. The van der Waals surface area contributed by atoms with Crippen molar-refractivity contribution in [1.29, 1.82) is 0 Å². The Hall–Kier alpha value is -3.28. The van der Waals surface area contributed by atoms with E-state index in [2.05, 4.69) is 20.4 Å². The van der Waals surface area contributed by atoms with E-state index in [-0.39, 0.29) is 42.5 Å². The lowest BCUT2D eigenvalue weighted by Crippen LogP contribution is -2.41. The Morgan fingerprint density at radius 1 is 1.06 bits per heavy atom. The lowest BCUT2D eigenvalue weighted by molar-refractivity contribution is -0.138. The van der Waals surface area contributed by atoms with Gasteiger partial charge < -0.3 is 0 Å². The van der Waals surface area contributed by atoms with E-state index in [1.54, 1.807) is 0 Å². The molecule has 0 saturated carbocycles. The summed E-state index contributed by atoms with van der Waals surface area (Å²) in [4.78, 5) is 31.3. The second kappa shape index (κ2) is 10.1. The summed E-state index contributed by atoms with van der Waals surface area (Å²) >= 11 is 6.04. The maximum atomic E-state index is 13.2. The third kappa shape index (κ3) is 5.37. The molecule has 0 unspecified atom stereocenters. The van der Waals surface area contributed by atoms with E-state index < -0.39 is 23.0 Å². The summed E-state index contributed by atoms with van der Waals surface area (Å²) in [6.07, 6.45) is -2.45. The van der Waals surface area contributed by atoms with Crippen LogP contribution in [-0.4, -0.2) is 34.5 Å². The predicted octanol–water partition coefficient (Wildman–Crippen LogP) is 3.32. The Morgan fingerprint density at radius 3 is 2.54 bits per heavy atom. The van der Waals surface area contributed by atoms with Crippen molar-refractivity contribution in [2.45, 2.75) is 64.8 Å². The minimum atomic E-state index is -4.48. The van der Waals surface area contributed by atoms with Gasteiger partial charge in [0.2, 0.25) is 0 Å².